The topological polar surface area (TPSA) is 105 Å². The molecule has 8 heteroatoms. The van der Waals surface area contributed by atoms with Crippen LogP contribution in [0.3, 0.4) is 0 Å². The van der Waals surface area contributed by atoms with Gasteiger partial charge in [-0.1, -0.05) is 61.8 Å². The van der Waals surface area contributed by atoms with Crippen molar-refractivity contribution in [2.24, 2.45) is 0 Å². The van der Waals surface area contributed by atoms with Crippen LogP contribution in [0.15, 0.2) is 53.1 Å². The van der Waals surface area contributed by atoms with Crippen molar-refractivity contribution in [3.05, 3.63) is 71.1 Å². The largest absolute Gasteiger partial charge is 0.507 e. The molecule has 1 saturated heterocycles. The number of carbonyl (C=O) groups is 2. The zero-order valence-corrected chi connectivity index (χ0v) is 22.5. The Bertz CT molecular complexity index is 1260. The number of phenolic OH excluding ortho intramolecular Hbond substituents is 1. The zero-order valence-electron chi connectivity index (χ0n) is 22.5. The predicted molar refractivity (Wildman–Crippen MR) is 145 cm³/mol. The van der Waals surface area contributed by atoms with E-state index in [2.05, 4.69) is 30.4 Å². The number of morpholine rings is 1. The number of carbonyl (C=O) groups excluding carboxylic acids is 2. The number of aromatic hydroxyl groups is 1. The molecule has 1 aliphatic rings. The van der Waals surface area contributed by atoms with Gasteiger partial charge in [-0.3, -0.25) is 9.59 Å². The van der Waals surface area contributed by atoms with E-state index in [1.54, 1.807) is 13.0 Å². The lowest BCUT2D eigenvalue weighted by Crippen LogP contribution is -2.40. The van der Waals surface area contributed by atoms with E-state index in [9.17, 15) is 14.7 Å². The highest BCUT2D eigenvalue weighted by atomic mass is 16.5. The predicted octanol–water partition coefficient (Wildman–Crippen LogP) is 4.98. The number of benzene rings is 2. The van der Waals surface area contributed by atoms with Crippen LogP contribution in [0, 0.1) is 6.92 Å². The number of amides is 2. The average molecular weight is 520 g/mol. The first kappa shape index (κ1) is 27.4. The first-order valence-electron chi connectivity index (χ1n) is 13.2. The summed E-state index contributed by atoms with van der Waals surface area (Å²) in [4.78, 5) is 26.7. The number of nitrogens with one attached hydrogen (secondary N) is 1. The summed E-state index contributed by atoms with van der Waals surface area (Å²) >= 11 is 0. The summed E-state index contributed by atoms with van der Waals surface area (Å²) in [5.74, 6) is 0.664. The number of rotatable bonds is 10. The number of hydrogen-bond acceptors (Lipinski definition) is 6. The second kappa shape index (κ2) is 12.3. The lowest BCUT2D eigenvalue weighted by molar-refractivity contribution is -0.135. The van der Waals surface area contributed by atoms with E-state index in [0.29, 0.717) is 44.0 Å². The first-order valence-corrected chi connectivity index (χ1v) is 13.2. The van der Waals surface area contributed by atoms with Crippen LogP contribution in [-0.4, -0.2) is 53.3 Å². The molecule has 3 aromatic rings. The number of aromatic nitrogens is 1. The fourth-order valence-electron chi connectivity index (χ4n) is 4.82. The molecule has 0 aliphatic carbocycles. The molecule has 0 atom stereocenters. The third-order valence-corrected chi connectivity index (χ3v) is 7.19. The van der Waals surface area contributed by atoms with E-state index in [0.717, 1.165) is 36.0 Å². The van der Waals surface area contributed by atoms with Gasteiger partial charge in [-0.25, -0.2) is 0 Å². The van der Waals surface area contributed by atoms with Crippen LogP contribution in [0.2, 0.25) is 0 Å². The minimum atomic E-state index is -0.315. The molecule has 1 fully saturated rings. The van der Waals surface area contributed by atoms with Gasteiger partial charge in [0.15, 0.2) is 5.69 Å². The summed E-state index contributed by atoms with van der Waals surface area (Å²) in [6, 6.07) is 15.1. The molecule has 0 spiro atoms. The molecule has 2 N–H and O–H groups in total. The SMILES string of the molecule is Cc1cc(C(=O)NCc2ccccc2-c2ccc(C(C)(C)CCCCC(=O)N3CCOCC3)cc2O)no1. The van der Waals surface area contributed by atoms with Crippen LogP contribution in [0.4, 0.5) is 0 Å². The van der Waals surface area contributed by atoms with Crippen molar-refractivity contribution in [2.75, 3.05) is 26.3 Å². The highest BCUT2D eigenvalue weighted by Crippen LogP contribution is 2.37. The van der Waals surface area contributed by atoms with Gasteiger partial charge in [0.1, 0.15) is 11.5 Å². The van der Waals surface area contributed by atoms with Gasteiger partial charge < -0.3 is 24.6 Å². The quantitative estimate of drug-likeness (QED) is 0.366. The van der Waals surface area contributed by atoms with Gasteiger partial charge in [0, 0.05) is 37.7 Å². The zero-order chi connectivity index (χ0) is 27.1. The van der Waals surface area contributed by atoms with E-state index in [1.165, 1.54) is 0 Å². The first-order chi connectivity index (χ1) is 18.2. The third-order valence-electron chi connectivity index (χ3n) is 7.19. The summed E-state index contributed by atoms with van der Waals surface area (Å²) in [5.41, 5.74) is 3.58. The molecular weight excluding hydrogens is 482 g/mol. The maximum atomic E-state index is 12.4. The van der Waals surface area contributed by atoms with Gasteiger partial charge >= 0.3 is 0 Å². The number of phenols is 1. The standard InChI is InChI=1S/C30H37N3O5/c1-21-18-26(32-38-21)29(36)31-20-22-8-4-5-9-24(22)25-12-11-23(19-27(25)34)30(2,3)13-7-6-10-28(35)33-14-16-37-17-15-33/h4-5,8-9,11-12,18-19,34H,6-7,10,13-17,20H2,1-3H3,(H,31,36). The fraction of sp³-hybridized carbons (Fsp3) is 0.433. The average Bonchev–Trinajstić information content (AvgIpc) is 3.36. The van der Waals surface area contributed by atoms with Gasteiger partial charge in [0.25, 0.3) is 5.91 Å². The number of unbranched alkanes of at least 4 members (excludes halogenated alkanes) is 1. The maximum Gasteiger partial charge on any atom is 0.273 e. The van der Waals surface area contributed by atoms with Crippen LogP contribution in [0.25, 0.3) is 11.1 Å². The van der Waals surface area contributed by atoms with Crippen molar-refractivity contribution >= 4 is 11.8 Å². The van der Waals surface area contributed by atoms with Crippen LogP contribution in [0.5, 0.6) is 5.75 Å². The van der Waals surface area contributed by atoms with Crippen LogP contribution in [-0.2, 0) is 21.5 Å². The molecule has 0 bridgehead atoms. The van der Waals surface area contributed by atoms with Crippen LogP contribution < -0.4 is 5.32 Å². The molecule has 0 radical (unpaired) electrons. The molecule has 2 heterocycles. The Morgan fingerprint density at radius 1 is 1.05 bits per heavy atom. The molecule has 202 valence electrons. The third kappa shape index (κ3) is 6.81. The summed E-state index contributed by atoms with van der Waals surface area (Å²) in [5, 5.41) is 17.6. The van der Waals surface area contributed by atoms with Gasteiger partial charge in [-0.2, -0.15) is 0 Å². The molecule has 1 aromatic heterocycles. The number of aryl methyl sites for hydroxylation is 1. The van der Waals surface area contributed by atoms with Crippen LogP contribution >= 0.6 is 0 Å². The van der Waals surface area contributed by atoms with E-state index in [4.69, 9.17) is 9.26 Å². The fourth-order valence-corrected chi connectivity index (χ4v) is 4.82. The van der Waals surface area contributed by atoms with E-state index >= 15 is 0 Å². The lowest BCUT2D eigenvalue weighted by atomic mass is 9.79. The minimum absolute atomic E-state index is 0.152. The monoisotopic (exact) mass is 519 g/mol. The molecule has 2 aromatic carbocycles. The van der Waals surface area contributed by atoms with E-state index < -0.39 is 0 Å². The Balaban J connectivity index is 1.37. The van der Waals surface area contributed by atoms with E-state index in [-0.39, 0.29) is 35.2 Å². The lowest BCUT2D eigenvalue weighted by Gasteiger charge is -2.28. The summed E-state index contributed by atoms with van der Waals surface area (Å²) in [6.07, 6.45) is 3.24. The van der Waals surface area contributed by atoms with Crippen LogP contribution in [0.1, 0.15) is 66.9 Å². The molecule has 38 heavy (non-hydrogen) atoms. The smallest absolute Gasteiger partial charge is 0.273 e. The van der Waals surface area contributed by atoms with Crippen molar-refractivity contribution in [1.82, 2.24) is 15.4 Å². The molecule has 0 saturated carbocycles. The molecule has 8 nitrogen and oxygen atoms in total. The Labute approximate surface area is 224 Å². The molecule has 0 unspecified atom stereocenters. The second-order valence-electron chi connectivity index (χ2n) is 10.5. The normalized spacial score (nSPS) is 13.9. The highest BCUT2D eigenvalue weighted by Gasteiger charge is 2.23. The molecule has 2 amide bonds. The highest BCUT2D eigenvalue weighted by molar-refractivity contribution is 5.92. The Morgan fingerprint density at radius 3 is 2.53 bits per heavy atom. The number of ether oxygens (including phenoxy) is 1. The van der Waals surface area contributed by atoms with Crippen molar-refractivity contribution in [3.8, 4) is 16.9 Å². The van der Waals surface area contributed by atoms with Crippen molar-refractivity contribution in [3.63, 3.8) is 0 Å². The summed E-state index contributed by atoms with van der Waals surface area (Å²) in [6.45, 7) is 8.98. The van der Waals surface area contributed by atoms with Gasteiger partial charge in [-0.15, -0.1) is 0 Å². The van der Waals surface area contributed by atoms with Crippen molar-refractivity contribution < 1.29 is 24.0 Å². The number of hydrogen-bond donors (Lipinski definition) is 2. The minimum Gasteiger partial charge on any atom is -0.507 e. The molecular formula is C30H37N3O5. The Kier molecular flexibility index (Phi) is 8.84. The van der Waals surface area contributed by atoms with Gasteiger partial charge in [-0.05, 0) is 47.9 Å². The van der Waals surface area contributed by atoms with Gasteiger partial charge in [0.05, 0.1) is 13.2 Å². The summed E-state index contributed by atoms with van der Waals surface area (Å²) < 4.78 is 10.3. The van der Waals surface area contributed by atoms with Crippen molar-refractivity contribution in [1.29, 1.82) is 0 Å². The maximum absolute atomic E-state index is 12.4. The van der Waals surface area contributed by atoms with Gasteiger partial charge in [0.2, 0.25) is 5.91 Å². The second-order valence-corrected chi connectivity index (χ2v) is 10.5. The van der Waals surface area contributed by atoms with E-state index in [1.807, 2.05) is 41.3 Å². The molecule has 1 aliphatic heterocycles. The molecule has 4 rings (SSSR count). The van der Waals surface area contributed by atoms with Crippen molar-refractivity contribution in [2.45, 2.75) is 58.4 Å². The Morgan fingerprint density at radius 2 is 1.82 bits per heavy atom. The Hall–Kier alpha value is -3.65. The summed E-state index contributed by atoms with van der Waals surface area (Å²) in [7, 11) is 0. The number of nitrogens with zero attached hydrogens (tertiary/aromatic N) is 2.